The van der Waals surface area contributed by atoms with E-state index in [1.807, 2.05) is 12.1 Å². The molecule has 3 aromatic rings. The van der Waals surface area contributed by atoms with Gasteiger partial charge in [0.15, 0.2) is 0 Å². The van der Waals surface area contributed by atoms with Gasteiger partial charge in [-0.1, -0.05) is 24.3 Å². The number of para-hydroxylation sites is 2. The molecular weight excluding hydrogens is 226 g/mol. The summed E-state index contributed by atoms with van der Waals surface area (Å²) in [6, 6.07) is 16.5. The van der Waals surface area contributed by atoms with Crippen molar-refractivity contribution in [2.45, 2.75) is 0 Å². The van der Waals surface area contributed by atoms with Crippen LogP contribution in [0.5, 0.6) is 0 Å². The van der Waals surface area contributed by atoms with Crippen LogP contribution in [0, 0.1) is 0 Å². The van der Waals surface area contributed by atoms with E-state index in [4.69, 9.17) is 0 Å². The minimum atomic E-state index is 0. The zero-order valence-electron chi connectivity index (χ0n) is 7.85. The molecule has 0 aliphatic heterocycles. The van der Waals surface area contributed by atoms with Gasteiger partial charge in [-0.25, -0.2) is 4.98 Å². The number of fused-ring (bicyclic) bond motifs is 2. The Morgan fingerprint density at radius 1 is 0.733 bits per heavy atom. The molecule has 15 heavy (non-hydrogen) atoms. The van der Waals surface area contributed by atoms with E-state index in [-0.39, 0.29) is 12.4 Å². The quantitative estimate of drug-likeness (QED) is 0.412. The Morgan fingerprint density at radius 3 is 1.73 bits per heavy atom. The molecule has 0 aliphatic carbocycles. The van der Waals surface area contributed by atoms with E-state index >= 15 is 0 Å². The Kier molecular flexibility index (Phi) is 2.80. The summed E-state index contributed by atoms with van der Waals surface area (Å²) in [5.74, 6) is 0. The molecule has 0 bridgehead atoms. The lowest BCUT2D eigenvalue weighted by Gasteiger charge is -1.89. The highest BCUT2D eigenvalue weighted by Crippen LogP contribution is 2.24. The number of hydrogen-bond donors (Lipinski definition) is 0. The fourth-order valence-corrected chi connectivity index (χ4v) is 2.49. The highest BCUT2D eigenvalue weighted by molar-refractivity contribution is 7.24. The van der Waals surface area contributed by atoms with Crippen molar-refractivity contribution in [3.63, 3.8) is 0 Å². The van der Waals surface area contributed by atoms with E-state index in [1.54, 1.807) is 11.3 Å². The molecule has 0 amide bonds. The number of hydrogen-bond acceptors (Lipinski definition) is 1. The SMILES string of the molecule is [Cl-].c1ccc2[s+]c3ccccc3nc2c1. The van der Waals surface area contributed by atoms with Crippen molar-refractivity contribution in [1.29, 1.82) is 0 Å². The average molecular weight is 234 g/mol. The predicted octanol–water partition coefficient (Wildman–Crippen LogP) is 0.735. The van der Waals surface area contributed by atoms with Crippen molar-refractivity contribution < 1.29 is 12.4 Å². The summed E-state index contributed by atoms with van der Waals surface area (Å²) in [5, 5.41) is 0. The standard InChI is InChI=1S/C12H8NS.ClH/c1-3-7-11-9(5-1)13-10-6-2-4-8-12(10)14-11;/h1-8H;1H/q+1;/p-1. The highest BCUT2D eigenvalue weighted by atomic mass is 35.5. The van der Waals surface area contributed by atoms with Crippen molar-refractivity contribution in [3.8, 4) is 0 Å². The Morgan fingerprint density at radius 2 is 1.20 bits per heavy atom. The maximum absolute atomic E-state index is 4.59. The van der Waals surface area contributed by atoms with Crippen LogP contribution in [0.25, 0.3) is 20.4 Å². The maximum atomic E-state index is 4.59. The van der Waals surface area contributed by atoms with Crippen molar-refractivity contribution in [1.82, 2.24) is 4.98 Å². The van der Waals surface area contributed by atoms with E-state index in [1.165, 1.54) is 9.40 Å². The van der Waals surface area contributed by atoms with Gasteiger partial charge in [0.1, 0.15) is 11.0 Å². The van der Waals surface area contributed by atoms with Crippen LogP contribution in [0.1, 0.15) is 0 Å². The van der Waals surface area contributed by atoms with Gasteiger partial charge in [-0.15, -0.1) is 0 Å². The van der Waals surface area contributed by atoms with Gasteiger partial charge in [0.2, 0.25) is 11.3 Å². The Balaban J connectivity index is 0.000000853. The van der Waals surface area contributed by atoms with Gasteiger partial charge in [0, 0.05) is 12.1 Å². The summed E-state index contributed by atoms with van der Waals surface area (Å²) in [7, 11) is 0. The molecule has 0 saturated heterocycles. The first kappa shape index (κ1) is 10.3. The lowest BCUT2D eigenvalue weighted by Crippen LogP contribution is -3.00. The number of nitrogens with zero attached hydrogens (tertiary/aromatic N) is 1. The third-order valence-corrected chi connectivity index (χ3v) is 3.32. The monoisotopic (exact) mass is 233 g/mol. The summed E-state index contributed by atoms with van der Waals surface area (Å²) in [6.45, 7) is 0. The second kappa shape index (κ2) is 4.09. The molecule has 1 heterocycles. The second-order valence-corrected chi connectivity index (χ2v) is 4.23. The molecule has 1 aromatic heterocycles. The van der Waals surface area contributed by atoms with Gasteiger partial charge in [0.25, 0.3) is 9.40 Å². The van der Waals surface area contributed by atoms with E-state index in [9.17, 15) is 0 Å². The van der Waals surface area contributed by atoms with Crippen LogP contribution in [0.15, 0.2) is 48.5 Å². The lowest BCUT2D eigenvalue weighted by atomic mass is 10.3. The Labute approximate surface area is 97.8 Å². The highest BCUT2D eigenvalue weighted by Gasteiger charge is 2.09. The molecular formula is C12H8ClNS. The van der Waals surface area contributed by atoms with E-state index in [0.29, 0.717) is 0 Å². The van der Waals surface area contributed by atoms with E-state index in [0.717, 1.165) is 11.0 Å². The van der Waals surface area contributed by atoms with Gasteiger partial charge in [-0.05, 0) is 12.1 Å². The minimum Gasteiger partial charge on any atom is -1.00 e. The van der Waals surface area contributed by atoms with Gasteiger partial charge in [0.05, 0.1) is 0 Å². The summed E-state index contributed by atoms with van der Waals surface area (Å²) >= 11 is 1.79. The van der Waals surface area contributed by atoms with Crippen molar-refractivity contribution in [2.75, 3.05) is 0 Å². The molecule has 2 aromatic carbocycles. The third kappa shape index (κ3) is 1.78. The van der Waals surface area contributed by atoms with Crippen LogP contribution in [0.4, 0.5) is 0 Å². The van der Waals surface area contributed by atoms with Crippen molar-refractivity contribution >= 4 is 31.8 Å². The van der Waals surface area contributed by atoms with Gasteiger partial charge in [-0.2, -0.15) is 0 Å². The van der Waals surface area contributed by atoms with Crippen molar-refractivity contribution in [3.05, 3.63) is 48.5 Å². The number of rotatable bonds is 0. The maximum Gasteiger partial charge on any atom is 0.257 e. The first-order chi connectivity index (χ1) is 6.93. The van der Waals surface area contributed by atoms with Gasteiger partial charge < -0.3 is 12.4 Å². The van der Waals surface area contributed by atoms with Gasteiger partial charge >= 0.3 is 0 Å². The van der Waals surface area contributed by atoms with Crippen LogP contribution in [-0.4, -0.2) is 4.98 Å². The first-order valence-electron chi connectivity index (χ1n) is 4.51. The molecule has 0 spiro atoms. The van der Waals surface area contributed by atoms with E-state index < -0.39 is 0 Å². The molecule has 3 heteroatoms. The van der Waals surface area contributed by atoms with Crippen LogP contribution >= 0.6 is 11.3 Å². The van der Waals surface area contributed by atoms with Crippen LogP contribution < -0.4 is 12.4 Å². The predicted molar refractivity (Wildman–Crippen MR) is 61.5 cm³/mol. The Hall–Kier alpha value is -1.25. The first-order valence-corrected chi connectivity index (χ1v) is 5.33. The molecule has 0 atom stereocenters. The molecule has 74 valence electrons. The van der Waals surface area contributed by atoms with Gasteiger partial charge in [-0.3, -0.25) is 0 Å². The summed E-state index contributed by atoms with van der Waals surface area (Å²) < 4.78 is 2.48. The topological polar surface area (TPSA) is 12.9 Å². The zero-order chi connectivity index (χ0) is 9.38. The lowest BCUT2D eigenvalue weighted by molar-refractivity contribution is -0.00000265. The molecule has 0 saturated carbocycles. The molecule has 0 fully saturated rings. The summed E-state index contributed by atoms with van der Waals surface area (Å²) in [5.41, 5.74) is 2.16. The molecule has 0 aliphatic rings. The molecule has 3 rings (SSSR count). The minimum absolute atomic E-state index is 0. The molecule has 0 radical (unpaired) electrons. The Bertz CT molecular complexity index is 504. The molecule has 0 N–H and O–H groups in total. The van der Waals surface area contributed by atoms with Crippen LogP contribution in [0.3, 0.4) is 0 Å². The average Bonchev–Trinajstić information content (AvgIpc) is 2.26. The van der Waals surface area contributed by atoms with Crippen LogP contribution in [0.2, 0.25) is 0 Å². The number of benzene rings is 2. The second-order valence-electron chi connectivity index (χ2n) is 3.15. The van der Waals surface area contributed by atoms with Crippen molar-refractivity contribution in [2.24, 2.45) is 0 Å². The normalized spacial score (nSPS) is 10.1. The fourth-order valence-electron chi connectivity index (χ4n) is 1.52. The van der Waals surface area contributed by atoms with E-state index in [2.05, 4.69) is 41.4 Å². The molecule has 0 unspecified atom stereocenters. The zero-order valence-corrected chi connectivity index (χ0v) is 9.42. The summed E-state index contributed by atoms with van der Waals surface area (Å²) in [6.07, 6.45) is 0. The number of aromatic nitrogens is 1. The van der Waals surface area contributed by atoms with Crippen LogP contribution in [-0.2, 0) is 0 Å². The smallest absolute Gasteiger partial charge is 0.257 e. The fraction of sp³-hybridized carbons (Fsp3) is 0. The summed E-state index contributed by atoms with van der Waals surface area (Å²) in [4.78, 5) is 4.59. The largest absolute Gasteiger partial charge is 1.00 e. The number of halogens is 1. The molecule has 1 nitrogen and oxygen atoms in total. The third-order valence-electron chi connectivity index (χ3n) is 2.19.